The van der Waals surface area contributed by atoms with Crippen molar-refractivity contribution in [2.24, 2.45) is 0 Å². The van der Waals surface area contributed by atoms with Crippen LogP contribution in [0.2, 0.25) is 0 Å². The zero-order chi connectivity index (χ0) is 16.2. The summed E-state index contributed by atoms with van der Waals surface area (Å²) in [6.07, 6.45) is 8.53. The average molecular weight is 388 g/mol. The van der Waals surface area contributed by atoms with Crippen LogP contribution in [0.5, 0.6) is 0 Å². The molecular formula is C16H22BrNO3S. The van der Waals surface area contributed by atoms with Gasteiger partial charge in [0.1, 0.15) is 0 Å². The number of hydrogen-bond donors (Lipinski definition) is 1. The van der Waals surface area contributed by atoms with Gasteiger partial charge in [-0.1, -0.05) is 50.8 Å². The van der Waals surface area contributed by atoms with Crippen LogP contribution >= 0.6 is 27.7 Å². The van der Waals surface area contributed by atoms with Gasteiger partial charge in [0.15, 0.2) is 10.4 Å². The fourth-order valence-electron chi connectivity index (χ4n) is 1.82. The molecule has 0 aliphatic heterocycles. The molecule has 0 saturated heterocycles. The molecule has 122 valence electrons. The summed E-state index contributed by atoms with van der Waals surface area (Å²) in [4.78, 5) is 23.2. The number of thioether (sulfide) groups is 1. The standard InChI is InChI=1S/C16H22BrNO3S/c1-2-3-4-5-6-7-11-18-15(19)10-12-22-16(20)13-8-9-14(17)21-13/h8-10,12H,2-7,11H2,1H3,(H,18,19)/b12-10-. The summed E-state index contributed by atoms with van der Waals surface area (Å²) in [5.74, 6) is 0.0866. The van der Waals surface area contributed by atoms with Crippen LogP contribution in [0.15, 0.2) is 32.7 Å². The lowest BCUT2D eigenvalue weighted by atomic mass is 10.1. The second kappa shape index (κ2) is 11.5. The molecule has 1 amide bonds. The Morgan fingerprint density at radius 3 is 2.64 bits per heavy atom. The smallest absolute Gasteiger partial charge is 0.258 e. The lowest BCUT2D eigenvalue weighted by Crippen LogP contribution is -2.21. The van der Waals surface area contributed by atoms with Crippen LogP contribution in [0.25, 0.3) is 0 Å². The molecule has 22 heavy (non-hydrogen) atoms. The van der Waals surface area contributed by atoms with E-state index in [1.807, 2.05) is 0 Å². The SMILES string of the molecule is CCCCCCCCNC(=O)/C=C\SC(=O)c1ccc(Br)o1. The number of carbonyl (C=O) groups is 2. The minimum absolute atomic E-state index is 0.172. The summed E-state index contributed by atoms with van der Waals surface area (Å²) in [7, 11) is 0. The van der Waals surface area contributed by atoms with Crippen molar-refractivity contribution < 1.29 is 14.0 Å². The van der Waals surface area contributed by atoms with E-state index in [4.69, 9.17) is 4.42 Å². The zero-order valence-corrected chi connectivity index (χ0v) is 15.2. The predicted octanol–water partition coefficient (Wildman–Crippen LogP) is 4.91. The monoisotopic (exact) mass is 387 g/mol. The Balaban J connectivity index is 2.10. The van der Waals surface area contributed by atoms with Gasteiger partial charge in [-0.15, -0.1) is 0 Å². The van der Waals surface area contributed by atoms with Crippen molar-refractivity contribution in [1.29, 1.82) is 0 Å². The zero-order valence-electron chi connectivity index (χ0n) is 12.8. The molecule has 0 saturated carbocycles. The van der Waals surface area contributed by atoms with Gasteiger partial charge < -0.3 is 9.73 Å². The summed E-state index contributed by atoms with van der Waals surface area (Å²) in [5.41, 5.74) is 0. The second-order valence-electron chi connectivity index (χ2n) is 4.87. The van der Waals surface area contributed by atoms with Gasteiger partial charge in [-0.2, -0.15) is 0 Å². The maximum absolute atomic E-state index is 11.7. The first-order valence-corrected chi connectivity index (χ1v) is 9.21. The van der Waals surface area contributed by atoms with Gasteiger partial charge in [0, 0.05) is 12.6 Å². The van der Waals surface area contributed by atoms with Crippen molar-refractivity contribution in [2.75, 3.05) is 6.54 Å². The van der Waals surface area contributed by atoms with Crippen molar-refractivity contribution in [3.63, 3.8) is 0 Å². The number of rotatable bonds is 10. The number of carbonyl (C=O) groups excluding carboxylic acids is 2. The Hall–Kier alpha value is -1.01. The van der Waals surface area contributed by atoms with E-state index in [0.717, 1.165) is 24.6 Å². The normalized spacial score (nSPS) is 11.0. The Kier molecular flexibility index (Phi) is 9.99. The first-order valence-electron chi connectivity index (χ1n) is 7.54. The van der Waals surface area contributed by atoms with Crippen LogP contribution < -0.4 is 5.32 Å². The summed E-state index contributed by atoms with van der Waals surface area (Å²) in [6.45, 7) is 2.87. The largest absolute Gasteiger partial charge is 0.445 e. The van der Waals surface area contributed by atoms with Crippen molar-refractivity contribution in [3.8, 4) is 0 Å². The summed E-state index contributed by atoms with van der Waals surface area (Å²) < 4.78 is 5.65. The van der Waals surface area contributed by atoms with Crippen molar-refractivity contribution in [2.45, 2.75) is 45.4 Å². The van der Waals surface area contributed by atoms with Crippen LogP contribution in [0.1, 0.15) is 56.0 Å². The maximum atomic E-state index is 11.7. The van der Waals surface area contributed by atoms with E-state index < -0.39 is 0 Å². The van der Waals surface area contributed by atoms with Crippen molar-refractivity contribution in [3.05, 3.63) is 34.0 Å². The molecule has 1 aromatic heterocycles. The minimum Gasteiger partial charge on any atom is -0.445 e. The number of amides is 1. The summed E-state index contributed by atoms with van der Waals surface area (Å²) >= 11 is 4.07. The van der Waals surface area contributed by atoms with Crippen molar-refractivity contribution >= 4 is 38.7 Å². The molecule has 0 bridgehead atoms. The minimum atomic E-state index is -0.231. The van der Waals surface area contributed by atoms with E-state index in [2.05, 4.69) is 28.2 Å². The number of hydrogen-bond acceptors (Lipinski definition) is 4. The second-order valence-corrected chi connectivity index (χ2v) is 6.53. The Morgan fingerprint density at radius 2 is 1.95 bits per heavy atom. The molecule has 1 aromatic rings. The molecular weight excluding hydrogens is 366 g/mol. The van der Waals surface area contributed by atoms with E-state index in [0.29, 0.717) is 11.2 Å². The highest BCUT2D eigenvalue weighted by atomic mass is 79.9. The van der Waals surface area contributed by atoms with Gasteiger partial charge >= 0.3 is 0 Å². The molecule has 1 N–H and O–H groups in total. The van der Waals surface area contributed by atoms with Gasteiger partial charge in [-0.3, -0.25) is 9.59 Å². The third kappa shape index (κ3) is 8.44. The van der Waals surface area contributed by atoms with E-state index in [1.54, 1.807) is 12.1 Å². The molecule has 1 rings (SSSR count). The molecule has 0 unspecified atom stereocenters. The highest BCUT2D eigenvalue weighted by Gasteiger charge is 2.09. The van der Waals surface area contributed by atoms with Gasteiger partial charge in [-0.05, 0) is 39.9 Å². The van der Waals surface area contributed by atoms with Crippen molar-refractivity contribution in [1.82, 2.24) is 5.32 Å². The Labute approximate surface area is 144 Å². The molecule has 6 heteroatoms. The maximum Gasteiger partial charge on any atom is 0.258 e. The van der Waals surface area contributed by atoms with E-state index >= 15 is 0 Å². The molecule has 0 aromatic carbocycles. The van der Waals surface area contributed by atoms with Crippen LogP contribution in [0.4, 0.5) is 0 Å². The quantitative estimate of drug-likeness (QED) is 0.457. The number of unbranched alkanes of at least 4 members (excludes halogenated alkanes) is 5. The average Bonchev–Trinajstić information content (AvgIpc) is 2.93. The Morgan fingerprint density at radius 1 is 1.23 bits per heavy atom. The fraction of sp³-hybridized carbons (Fsp3) is 0.500. The van der Waals surface area contributed by atoms with E-state index in [9.17, 15) is 9.59 Å². The lowest BCUT2D eigenvalue weighted by molar-refractivity contribution is -0.116. The molecule has 4 nitrogen and oxygen atoms in total. The third-order valence-electron chi connectivity index (χ3n) is 3.00. The molecule has 1 heterocycles. The van der Waals surface area contributed by atoms with Crippen LogP contribution in [-0.2, 0) is 4.79 Å². The van der Waals surface area contributed by atoms with Gasteiger partial charge in [0.2, 0.25) is 5.91 Å². The first-order chi connectivity index (χ1) is 10.6. The molecule has 0 spiro atoms. The topological polar surface area (TPSA) is 59.3 Å². The highest BCUT2D eigenvalue weighted by Crippen LogP contribution is 2.19. The van der Waals surface area contributed by atoms with Gasteiger partial charge in [-0.25, -0.2) is 0 Å². The third-order valence-corrected chi connectivity index (χ3v) is 4.11. The van der Waals surface area contributed by atoms with Crippen LogP contribution in [-0.4, -0.2) is 17.6 Å². The van der Waals surface area contributed by atoms with E-state index in [-0.39, 0.29) is 16.8 Å². The van der Waals surface area contributed by atoms with E-state index in [1.165, 1.54) is 37.2 Å². The van der Waals surface area contributed by atoms with Crippen LogP contribution in [0, 0.1) is 0 Å². The van der Waals surface area contributed by atoms with Gasteiger partial charge in [0.25, 0.3) is 5.12 Å². The molecule has 0 aliphatic rings. The predicted molar refractivity (Wildman–Crippen MR) is 93.9 cm³/mol. The van der Waals surface area contributed by atoms with Crippen LogP contribution in [0.3, 0.4) is 0 Å². The first kappa shape index (κ1) is 19.0. The highest BCUT2D eigenvalue weighted by molar-refractivity contribution is 9.10. The number of nitrogens with one attached hydrogen (secondary N) is 1. The molecule has 0 aliphatic carbocycles. The number of furan rings is 1. The Bertz CT molecular complexity index is 499. The fourth-order valence-corrected chi connectivity index (χ4v) is 2.66. The number of halogens is 1. The lowest BCUT2D eigenvalue weighted by Gasteiger charge is -2.02. The summed E-state index contributed by atoms with van der Waals surface area (Å²) in [6, 6.07) is 3.25. The summed E-state index contributed by atoms with van der Waals surface area (Å²) in [5, 5.41) is 4.06. The molecule has 0 fully saturated rings. The molecule has 0 radical (unpaired) electrons. The molecule has 0 atom stereocenters. The van der Waals surface area contributed by atoms with Gasteiger partial charge in [0.05, 0.1) is 0 Å².